The highest BCUT2D eigenvalue weighted by atomic mass is 79.9. The molecule has 0 N–H and O–H groups in total. The zero-order valence-electron chi connectivity index (χ0n) is 7.23. The highest BCUT2D eigenvalue weighted by Gasteiger charge is 2.11. The van der Waals surface area contributed by atoms with Gasteiger partial charge < -0.3 is 4.85 Å². The van der Waals surface area contributed by atoms with E-state index in [1.165, 1.54) is 11.8 Å². The van der Waals surface area contributed by atoms with Crippen molar-refractivity contribution in [2.75, 3.05) is 6.26 Å². The molecule has 0 atom stereocenters. The van der Waals surface area contributed by atoms with E-state index in [1.54, 1.807) is 12.4 Å². The first kappa shape index (κ1) is 9.49. The molecule has 2 rings (SSSR count). The van der Waals surface area contributed by atoms with Crippen LogP contribution >= 0.6 is 27.7 Å². The minimum Gasteiger partial charge on any atom is -0.359 e. The van der Waals surface area contributed by atoms with E-state index in [9.17, 15) is 0 Å². The molecule has 6 heteroatoms. The highest BCUT2D eigenvalue weighted by Crippen LogP contribution is 2.24. The lowest BCUT2D eigenvalue weighted by atomic mass is 10.6. The topological polar surface area (TPSA) is 34.5 Å². The molecule has 0 radical (unpaired) electrons. The van der Waals surface area contributed by atoms with Gasteiger partial charge in [-0.2, -0.15) is 0 Å². The summed E-state index contributed by atoms with van der Waals surface area (Å²) in [5.74, 6) is 0.376. The van der Waals surface area contributed by atoms with E-state index in [2.05, 4.69) is 30.7 Å². The van der Waals surface area contributed by atoms with Crippen molar-refractivity contribution in [2.45, 2.75) is 5.03 Å². The summed E-state index contributed by atoms with van der Waals surface area (Å²) >= 11 is 4.84. The molecular weight excluding hydrogens is 264 g/mol. The summed E-state index contributed by atoms with van der Waals surface area (Å²) < 4.78 is 2.64. The normalized spacial score (nSPS) is 10.4. The first-order valence-corrected chi connectivity index (χ1v) is 5.73. The monoisotopic (exact) mass is 268 g/mol. The molecule has 0 fully saturated rings. The summed E-state index contributed by atoms with van der Waals surface area (Å²) in [6.45, 7) is 6.92. The summed E-state index contributed by atoms with van der Waals surface area (Å²) in [5.41, 5.74) is 0.775. The van der Waals surface area contributed by atoms with Crippen LogP contribution in [0.25, 0.3) is 10.5 Å². The molecule has 14 heavy (non-hydrogen) atoms. The van der Waals surface area contributed by atoms with E-state index < -0.39 is 0 Å². The highest BCUT2D eigenvalue weighted by molar-refractivity contribution is 9.10. The second-order valence-corrected chi connectivity index (χ2v) is 4.10. The Morgan fingerprint density at radius 3 is 3.07 bits per heavy atom. The van der Waals surface area contributed by atoms with Gasteiger partial charge in [0, 0.05) is 6.20 Å². The molecule has 70 valence electrons. The molecule has 0 aliphatic rings. The fourth-order valence-corrected chi connectivity index (χ4v) is 2.00. The lowest BCUT2D eigenvalue weighted by Gasteiger charge is -1.98. The van der Waals surface area contributed by atoms with E-state index in [-0.39, 0.29) is 0 Å². The Bertz CT molecular complexity index is 528. The van der Waals surface area contributed by atoms with Crippen LogP contribution in [0.1, 0.15) is 0 Å². The Kier molecular flexibility index (Phi) is 2.44. The quantitative estimate of drug-likeness (QED) is 0.589. The van der Waals surface area contributed by atoms with Gasteiger partial charge in [0.05, 0.1) is 6.20 Å². The first-order valence-electron chi connectivity index (χ1n) is 3.71. The Labute approximate surface area is 93.3 Å². The second kappa shape index (κ2) is 3.59. The maximum absolute atomic E-state index is 6.92. The van der Waals surface area contributed by atoms with Crippen molar-refractivity contribution < 1.29 is 0 Å². The van der Waals surface area contributed by atoms with Crippen molar-refractivity contribution in [3.63, 3.8) is 0 Å². The molecule has 0 unspecified atom stereocenters. The Morgan fingerprint density at radius 2 is 2.43 bits per heavy atom. The number of imidazole rings is 1. The fourth-order valence-electron chi connectivity index (χ4n) is 1.11. The van der Waals surface area contributed by atoms with Crippen molar-refractivity contribution in [3.05, 3.63) is 28.4 Å². The average Bonchev–Trinajstić information content (AvgIpc) is 2.59. The number of halogens is 1. The minimum atomic E-state index is 0.376. The van der Waals surface area contributed by atoms with Gasteiger partial charge in [0.15, 0.2) is 5.65 Å². The Hall–Kier alpha value is -1.06. The predicted octanol–water partition coefficient (Wildman–Crippen LogP) is 2.76. The molecule has 2 heterocycles. The molecule has 0 aliphatic carbocycles. The van der Waals surface area contributed by atoms with E-state index in [0.717, 1.165) is 15.3 Å². The molecule has 2 aromatic rings. The molecule has 0 spiro atoms. The molecule has 0 aromatic carbocycles. The molecule has 0 amide bonds. The van der Waals surface area contributed by atoms with Crippen LogP contribution in [0.4, 0.5) is 5.82 Å². The molecule has 0 saturated carbocycles. The molecule has 2 aromatic heterocycles. The van der Waals surface area contributed by atoms with Gasteiger partial charge in [0.1, 0.15) is 4.60 Å². The summed E-state index contributed by atoms with van der Waals surface area (Å²) in [4.78, 5) is 11.7. The second-order valence-electron chi connectivity index (χ2n) is 2.49. The predicted molar refractivity (Wildman–Crippen MR) is 58.7 cm³/mol. The van der Waals surface area contributed by atoms with Crippen LogP contribution in [-0.2, 0) is 0 Å². The number of fused-ring (bicyclic) bond motifs is 1. The number of hydrogen-bond donors (Lipinski definition) is 0. The van der Waals surface area contributed by atoms with E-state index in [0.29, 0.717) is 5.82 Å². The fraction of sp³-hybridized carbons (Fsp3) is 0.125. The maximum Gasteiger partial charge on any atom is 0.287 e. The van der Waals surface area contributed by atoms with Gasteiger partial charge in [0.2, 0.25) is 5.03 Å². The van der Waals surface area contributed by atoms with E-state index in [4.69, 9.17) is 6.57 Å². The average molecular weight is 269 g/mol. The van der Waals surface area contributed by atoms with Gasteiger partial charge in [-0.1, -0.05) is 18.3 Å². The van der Waals surface area contributed by atoms with Gasteiger partial charge in [-0.05, 0) is 22.2 Å². The van der Waals surface area contributed by atoms with Crippen molar-refractivity contribution in [1.82, 2.24) is 14.4 Å². The lowest BCUT2D eigenvalue weighted by molar-refractivity contribution is 1.04. The lowest BCUT2D eigenvalue weighted by Crippen LogP contribution is -1.90. The zero-order valence-corrected chi connectivity index (χ0v) is 9.63. The van der Waals surface area contributed by atoms with Crippen LogP contribution in [0.5, 0.6) is 0 Å². The molecular formula is C8H5BrN4S. The summed E-state index contributed by atoms with van der Waals surface area (Å²) in [6.07, 6.45) is 5.28. The standard InChI is InChI=1S/C8H5BrN4S/c1-10-6-4-13-5(9)3-11-7(13)8(12-6)14-2/h3-4H,2H3. The van der Waals surface area contributed by atoms with Crippen molar-refractivity contribution >= 4 is 39.2 Å². The number of thioether (sulfide) groups is 1. The van der Waals surface area contributed by atoms with E-state index in [1.807, 2.05) is 10.7 Å². The third kappa shape index (κ3) is 1.38. The van der Waals surface area contributed by atoms with Gasteiger partial charge in [0.25, 0.3) is 5.82 Å². The minimum absolute atomic E-state index is 0.376. The largest absolute Gasteiger partial charge is 0.359 e. The van der Waals surface area contributed by atoms with E-state index >= 15 is 0 Å². The van der Waals surface area contributed by atoms with Crippen LogP contribution < -0.4 is 0 Å². The summed E-state index contributed by atoms with van der Waals surface area (Å²) in [7, 11) is 0. The SMILES string of the molecule is [C-]#[N+]c1cn2c(Br)cnc2c(SC)n1. The van der Waals surface area contributed by atoms with Gasteiger partial charge in [-0.3, -0.25) is 4.40 Å². The first-order chi connectivity index (χ1) is 6.76. The zero-order chi connectivity index (χ0) is 10.1. The summed E-state index contributed by atoms with van der Waals surface area (Å²) in [6, 6.07) is 0. The Morgan fingerprint density at radius 1 is 1.64 bits per heavy atom. The summed E-state index contributed by atoms with van der Waals surface area (Å²) in [5, 5.41) is 0.768. The van der Waals surface area contributed by atoms with Crippen molar-refractivity contribution in [3.8, 4) is 0 Å². The third-order valence-corrected chi connectivity index (χ3v) is 2.96. The van der Waals surface area contributed by atoms with Crippen LogP contribution in [0.2, 0.25) is 0 Å². The number of hydrogen-bond acceptors (Lipinski definition) is 3. The van der Waals surface area contributed by atoms with Crippen LogP contribution in [-0.4, -0.2) is 20.6 Å². The molecule has 0 aliphatic heterocycles. The van der Waals surface area contributed by atoms with Crippen molar-refractivity contribution in [1.29, 1.82) is 0 Å². The Balaban J connectivity index is 2.84. The molecule has 0 saturated heterocycles. The van der Waals surface area contributed by atoms with Crippen LogP contribution in [0, 0.1) is 6.57 Å². The smallest absolute Gasteiger partial charge is 0.287 e. The maximum atomic E-state index is 6.92. The van der Waals surface area contributed by atoms with Gasteiger partial charge >= 0.3 is 0 Å². The van der Waals surface area contributed by atoms with Crippen LogP contribution in [0.3, 0.4) is 0 Å². The van der Waals surface area contributed by atoms with Crippen LogP contribution in [0.15, 0.2) is 22.0 Å². The number of aromatic nitrogens is 3. The molecule has 4 nitrogen and oxygen atoms in total. The number of nitrogens with zero attached hydrogens (tertiary/aromatic N) is 4. The van der Waals surface area contributed by atoms with Gasteiger partial charge in [-0.15, -0.1) is 4.98 Å². The molecule has 0 bridgehead atoms. The van der Waals surface area contributed by atoms with Crippen molar-refractivity contribution in [2.24, 2.45) is 0 Å². The number of rotatable bonds is 1. The third-order valence-electron chi connectivity index (χ3n) is 1.71. The van der Waals surface area contributed by atoms with Gasteiger partial charge in [-0.25, -0.2) is 4.98 Å².